The number of hydrogen-bond acceptors (Lipinski definition) is 5. The van der Waals surface area contributed by atoms with Crippen LogP contribution in [0.1, 0.15) is 43.3 Å². The molecule has 2 aromatic heterocycles. The number of Topliss-reactive ketones (excluding diaryl/α,β-unsaturated/α-hetero) is 1. The lowest BCUT2D eigenvalue weighted by molar-refractivity contribution is -0.118. The van der Waals surface area contributed by atoms with Gasteiger partial charge >= 0.3 is 0 Å². The fourth-order valence-corrected chi connectivity index (χ4v) is 5.08. The summed E-state index contributed by atoms with van der Waals surface area (Å²) in [6, 6.07) is 21.4. The lowest BCUT2D eigenvalue weighted by Gasteiger charge is -2.14. The Kier molecular flexibility index (Phi) is 6.61. The maximum atomic E-state index is 13.6. The largest absolute Gasteiger partial charge is 0.456 e. The molecule has 1 aliphatic rings. The molecule has 0 unspecified atom stereocenters. The number of benzene rings is 3. The number of halogens is 1. The summed E-state index contributed by atoms with van der Waals surface area (Å²) in [4.78, 5) is 29.6. The molecule has 0 aliphatic carbocycles. The summed E-state index contributed by atoms with van der Waals surface area (Å²) in [5, 5.41) is 9.30. The molecule has 6 rings (SSSR count). The van der Waals surface area contributed by atoms with E-state index in [-0.39, 0.29) is 42.2 Å². The van der Waals surface area contributed by atoms with E-state index in [2.05, 4.69) is 31.1 Å². The quantitative estimate of drug-likeness (QED) is 0.251. The van der Waals surface area contributed by atoms with Gasteiger partial charge in [0, 0.05) is 35.4 Å². The van der Waals surface area contributed by atoms with Crippen molar-refractivity contribution in [1.82, 2.24) is 14.8 Å². The van der Waals surface area contributed by atoms with Crippen LogP contribution in [-0.4, -0.2) is 26.5 Å². The molecular weight excluding hydrogens is 519 g/mol. The smallest absolute Gasteiger partial charge is 0.230 e. The van der Waals surface area contributed by atoms with E-state index >= 15 is 0 Å². The Labute approximate surface area is 237 Å². The van der Waals surface area contributed by atoms with Crippen LogP contribution in [0, 0.1) is 5.82 Å². The summed E-state index contributed by atoms with van der Waals surface area (Å²) < 4.78 is 21.6. The number of nitrogens with zero attached hydrogens (tertiary/aromatic N) is 3. The van der Waals surface area contributed by atoms with Crippen LogP contribution in [0.15, 0.2) is 79.0 Å². The lowest BCUT2D eigenvalue weighted by atomic mass is 9.92. The number of fused-ring (bicyclic) bond motifs is 2. The predicted molar refractivity (Wildman–Crippen MR) is 155 cm³/mol. The molecule has 0 atom stereocenters. The van der Waals surface area contributed by atoms with Gasteiger partial charge in [-0.1, -0.05) is 51.1 Å². The number of nitrogens with one attached hydrogen (secondary N) is 1. The molecular formula is C33H29FN4O3. The molecule has 41 heavy (non-hydrogen) atoms. The second-order valence-corrected chi connectivity index (χ2v) is 11.3. The van der Waals surface area contributed by atoms with Gasteiger partial charge in [-0.25, -0.2) is 14.1 Å². The van der Waals surface area contributed by atoms with Gasteiger partial charge in [0.25, 0.3) is 0 Å². The molecule has 0 saturated carbocycles. The van der Waals surface area contributed by atoms with Gasteiger partial charge in [-0.3, -0.25) is 9.59 Å². The highest BCUT2D eigenvalue weighted by atomic mass is 19.1. The minimum absolute atomic E-state index is 0.0316. The van der Waals surface area contributed by atoms with E-state index in [0.29, 0.717) is 23.0 Å². The van der Waals surface area contributed by atoms with Gasteiger partial charge in [-0.15, -0.1) is 0 Å². The molecule has 1 N–H and O–H groups in total. The first kappa shape index (κ1) is 26.4. The van der Waals surface area contributed by atoms with Crippen molar-refractivity contribution in [1.29, 1.82) is 0 Å². The third kappa shape index (κ3) is 5.33. The van der Waals surface area contributed by atoms with Crippen LogP contribution < -0.4 is 10.1 Å². The molecule has 0 saturated heterocycles. The number of carbonyl (C=O) groups excluding carboxylic acids is 2. The number of aromatic nitrogens is 3. The molecule has 1 aliphatic heterocycles. The normalized spacial score (nSPS) is 12.8. The summed E-state index contributed by atoms with van der Waals surface area (Å²) in [7, 11) is 0. The number of carbonyl (C=O) groups is 2. The number of hydrogen-bond donors (Lipinski definition) is 1. The van der Waals surface area contributed by atoms with Gasteiger partial charge in [-0.2, -0.15) is 5.10 Å². The minimum atomic E-state index is -0.327. The summed E-state index contributed by atoms with van der Waals surface area (Å²) >= 11 is 0. The van der Waals surface area contributed by atoms with Crippen LogP contribution in [0.4, 0.5) is 10.2 Å². The summed E-state index contributed by atoms with van der Waals surface area (Å²) in [6.07, 6.45) is 2.23. The predicted octanol–water partition coefficient (Wildman–Crippen LogP) is 6.50. The number of ether oxygens (including phenoxy) is 1. The van der Waals surface area contributed by atoms with Crippen molar-refractivity contribution in [2.45, 2.75) is 45.4 Å². The monoisotopic (exact) mass is 548 g/mol. The van der Waals surface area contributed by atoms with Gasteiger partial charge in [0.15, 0.2) is 0 Å². The number of anilines is 1. The molecule has 3 heterocycles. The van der Waals surface area contributed by atoms with Crippen molar-refractivity contribution in [2.24, 2.45) is 0 Å². The molecule has 5 aromatic rings. The Morgan fingerprint density at radius 1 is 0.976 bits per heavy atom. The van der Waals surface area contributed by atoms with E-state index in [4.69, 9.17) is 9.84 Å². The summed E-state index contributed by atoms with van der Waals surface area (Å²) in [5.74, 6) is 1.32. The molecule has 0 spiro atoms. The molecule has 0 fully saturated rings. The van der Waals surface area contributed by atoms with Crippen LogP contribution in [0.25, 0.3) is 16.5 Å². The zero-order valence-corrected chi connectivity index (χ0v) is 23.1. The van der Waals surface area contributed by atoms with Crippen molar-refractivity contribution in [3.05, 3.63) is 107 Å². The van der Waals surface area contributed by atoms with Crippen molar-refractivity contribution in [3.63, 3.8) is 0 Å². The highest BCUT2D eigenvalue weighted by Gasteiger charge is 2.24. The molecule has 206 valence electrons. The van der Waals surface area contributed by atoms with Crippen molar-refractivity contribution in [2.75, 3.05) is 5.32 Å². The maximum Gasteiger partial charge on any atom is 0.230 e. The van der Waals surface area contributed by atoms with Crippen LogP contribution in [0.2, 0.25) is 0 Å². The fourth-order valence-electron chi connectivity index (χ4n) is 5.08. The Balaban J connectivity index is 1.28. The number of amides is 1. The first-order chi connectivity index (χ1) is 19.7. The summed E-state index contributed by atoms with van der Waals surface area (Å²) in [6.45, 7) is 6.21. The van der Waals surface area contributed by atoms with Gasteiger partial charge < -0.3 is 10.1 Å². The second kappa shape index (κ2) is 10.3. The van der Waals surface area contributed by atoms with Crippen molar-refractivity contribution < 1.29 is 18.7 Å². The lowest BCUT2D eigenvalue weighted by Crippen LogP contribution is -2.13. The first-order valence-corrected chi connectivity index (χ1v) is 13.5. The topological polar surface area (TPSA) is 86.1 Å². The molecule has 0 radical (unpaired) electrons. The van der Waals surface area contributed by atoms with Gasteiger partial charge in [0.2, 0.25) is 5.91 Å². The molecule has 0 bridgehead atoms. The Bertz CT molecular complexity index is 1800. The SMILES string of the molecule is CC(C)(C)c1cc(CC(=O)Cc2ccc(Oc3ccnc4c3CC(=O)N4)c3ccccc23)n(-c2ccc(F)cc2)n1. The highest BCUT2D eigenvalue weighted by molar-refractivity contribution is 5.99. The van der Waals surface area contributed by atoms with Crippen molar-refractivity contribution >= 4 is 28.3 Å². The fraction of sp³-hybridized carbons (Fsp3) is 0.212. The molecule has 8 heteroatoms. The zero-order valence-electron chi connectivity index (χ0n) is 23.1. The Hall–Kier alpha value is -4.85. The first-order valence-electron chi connectivity index (χ1n) is 13.5. The van der Waals surface area contributed by atoms with Gasteiger partial charge in [0.1, 0.15) is 28.9 Å². The van der Waals surface area contributed by atoms with Crippen molar-refractivity contribution in [3.8, 4) is 17.2 Å². The van der Waals surface area contributed by atoms with Crippen LogP contribution in [-0.2, 0) is 34.3 Å². The van der Waals surface area contributed by atoms with Gasteiger partial charge in [0.05, 0.1) is 23.5 Å². The Morgan fingerprint density at radius 3 is 2.49 bits per heavy atom. The van der Waals surface area contributed by atoms with E-state index in [1.165, 1.54) is 12.1 Å². The second-order valence-electron chi connectivity index (χ2n) is 11.3. The highest BCUT2D eigenvalue weighted by Crippen LogP contribution is 2.37. The van der Waals surface area contributed by atoms with Crippen LogP contribution >= 0.6 is 0 Å². The maximum absolute atomic E-state index is 13.6. The number of rotatable bonds is 7. The summed E-state index contributed by atoms with van der Waals surface area (Å²) in [5.41, 5.74) is 3.72. The average Bonchev–Trinajstić information content (AvgIpc) is 3.54. The molecule has 1 amide bonds. The van der Waals surface area contributed by atoms with E-state index < -0.39 is 0 Å². The van der Waals surface area contributed by atoms with Crippen LogP contribution in [0.3, 0.4) is 0 Å². The number of pyridine rings is 1. The third-order valence-corrected chi connectivity index (χ3v) is 7.19. The van der Waals surface area contributed by atoms with Crippen LogP contribution in [0.5, 0.6) is 11.5 Å². The minimum Gasteiger partial charge on any atom is -0.456 e. The van der Waals surface area contributed by atoms with E-state index in [1.807, 2.05) is 42.5 Å². The van der Waals surface area contributed by atoms with E-state index in [9.17, 15) is 14.0 Å². The standard InChI is InChI=1S/C33H29FN4O3/c1-33(2,3)30-18-23(38(37-30)22-11-9-21(34)10-12-22)17-24(39)16-20-8-13-28(26-7-5-4-6-25(20)26)41-29-14-15-35-32-27(29)19-31(40)36-32/h4-15,18H,16-17,19H2,1-3H3,(H,35,36,40). The zero-order chi connectivity index (χ0) is 28.7. The van der Waals surface area contributed by atoms with E-state index in [1.54, 1.807) is 29.1 Å². The average molecular weight is 549 g/mol. The van der Waals surface area contributed by atoms with E-state index in [0.717, 1.165) is 33.3 Å². The number of ketones is 1. The Morgan fingerprint density at radius 2 is 1.73 bits per heavy atom. The molecule has 3 aromatic carbocycles. The third-order valence-electron chi connectivity index (χ3n) is 7.19. The van der Waals surface area contributed by atoms with Gasteiger partial charge in [-0.05, 0) is 53.4 Å². The molecule has 7 nitrogen and oxygen atoms in total.